The van der Waals surface area contributed by atoms with E-state index in [1.807, 2.05) is 31.2 Å². The molecule has 1 fully saturated rings. The average Bonchev–Trinajstić information content (AvgIpc) is 3.32. The first-order valence-electron chi connectivity index (χ1n) is 8.95. The van der Waals surface area contributed by atoms with Crippen LogP contribution in [-0.4, -0.2) is 35.8 Å². The molecule has 0 unspecified atom stereocenters. The Hall–Kier alpha value is -2.21. The summed E-state index contributed by atoms with van der Waals surface area (Å²) in [7, 11) is 0. The summed E-state index contributed by atoms with van der Waals surface area (Å²) in [6.45, 7) is 4.25. The first-order chi connectivity index (χ1) is 12.2. The summed E-state index contributed by atoms with van der Waals surface area (Å²) in [6, 6.07) is 7.93. The number of carbonyl (C=O) groups is 1. The highest BCUT2D eigenvalue weighted by molar-refractivity contribution is 5.75. The molecule has 25 heavy (non-hydrogen) atoms. The molecule has 6 nitrogen and oxygen atoms in total. The minimum atomic E-state index is -0.00252. The van der Waals surface area contributed by atoms with Gasteiger partial charge in [-0.15, -0.1) is 0 Å². The molecular formula is C19H25N3O3. The van der Waals surface area contributed by atoms with Gasteiger partial charge in [0.1, 0.15) is 0 Å². The van der Waals surface area contributed by atoms with E-state index in [-0.39, 0.29) is 5.91 Å². The quantitative estimate of drug-likeness (QED) is 0.671. The summed E-state index contributed by atoms with van der Waals surface area (Å²) < 4.78 is 10.8. The minimum absolute atomic E-state index is 0.00252. The molecule has 0 saturated heterocycles. The van der Waals surface area contributed by atoms with Crippen LogP contribution in [0.1, 0.15) is 37.1 Å². The molecule has 2 aromatic rings. The number of aryl methyl sites for hydroxylation is 2. The first-order valence-corrected chi connectivity index (χ1v) is 8.95. The molecule has 3 rings (SSSR count). The largest absolute Gasteiger partial charge is 0.381 e. The van der Waals surface area contributed by atoms with Gasteiger partial charge in [-0.1, -0.05) is 35.0 Å². The molecule has 6 heteroatoms. The van der Waals surface area contributed by atoms with Gasteiger partial charge in [-0.2, -0.15) is 4.98 Å². The predicted octanol–water partition coefficient (Wildman–Crippen LogP) is 2.91. The number of aromatic nitrogens is 2. The van der Waals surface area contributed by atoms with Gasteiger partial charge in [0.15, 0.2) is 0 Å². The van der Waals surface area contributed by atoms with Gasteiger partial charge in [0.25, 0.3) is 0 Å². The van der Waals surface area contributed by atoms with E-state index in [1.54, 1.807) is 0 Å². The first kappa shape index (κ1) is 17.6. The van der Waals surface area contributed by atoms with E-state index in [4.69, 9.17) is 9.26 Å². The lowest BCUT2D eigenvalue weighted by atomic mass is 10.1. The maximum Gasteiger partial charge on any atom is 0.227 e. The molecular weight excluding hydrogens is 318 g/mol. The van der Waals surface area contributed by atoms with Crippen molar-refractivity contribution in [2.45, 2.75) is 39.0 Å². The average molecular weight is 343 g/mol. The highest BCUT2D eigenvalue weighted by Gasteiger charge is 2.20. The van der Waals surface area contributed by atoms with Crippen molar-refractivity contribution in [1.29, 1.82) is 0 Å². The molecule has 0 atom stereocenters. The molecule has 1 saturated carbocycles. The fourth-order valence-electron chi connectivity index (χ4n) is 2.42. The number of nitrogens with one attached hydrogen (secondary N) is 1. The highest BCUT2D eigenvalue weighted by atomic mass is 16.5. The summed E-state index contributed by atoms with van der Waals surface area (Å²) in [6.07, 6.45) is 4.24. The summed E-state index contributed by atoms with van der Waals surface area (Å²) in [5, 5.41) is 6.87. The van der Waals surface area contributed by atoms with Crippen LogP contribution in [0.5, 0.6) is 0 Å². The Morgan fingerprint density at radius 3 is 2.88 bits per heavy atom. The number of hydrogen-bond acceptors (Lipinski definition) is 5. The molecule has 1 aromatic carbocycles. The highest BCUT2D eigenvalue weighted by Crippen LogP contribution is 2.28. The maximum absolute atomic E-state index is 11.8. The van der Waals surface area contributed by atoms with Crippen LogP contribution >= 0.6 is 0 Å². The predicted molar refractivity (Wildman–Crippen MR) is 94.0 cm³/mol. The van der Waals surface area contributed by atoms with Gasteiger partial charge in [0.2, 0.25) is 17.6 Å². The van der Waals surface area contributed by atoms with Crippen molar-refractivity contribution in [2.24, 2.45) is 5.92 Å². The smallest absolute Gasteiger partial charge is 0.227 e. The van der Waals surface area contributed by atoms with Crippen LogP contribution in [0.15, 0.2) is 28.8 Å². The van der Waals surface area contributed by atoms with Crippen molar-refractivity contribution >= 4 is 5.91 Å². The molecule has 134 valence electrons. The summed E-state index contributed by atoms with van der Waals surface area (Å²) >= 11 is 0. The van der Waals surface area contributed by atoms with Gasteiger partial charge in [-0.25, -0.2) is 0 Å². The number of ether oxygens (including phenoxy) is 1. The van der Waals surface area contributed by atoms with E-state index >= 15 is 0 Å². The Morgan fingerprint density at radius 2 is 2.12 bits per heavy atom. The number of hydrogen-bond donors (Lipinski definition) is 1. The third kappa shape index (κ3) is 5.98. The number of carbonyl (C=O) groups excluding carboxylic acids is 1. The zero-order valence-electron chi connectivity index (χ0n) is 14.7. The minimum Gasteiger partial charge on any atom is -0.381 e. The fraction of sp³-hybridized carbons (Fsp3) is 0.526. The van der Waals surface area contributed by atoms with E-state index < -0.39 is 0 Å². The Balaban J connectivity index is 1.32. The number of amides is 1. The van der Waals surface area contributed by atoms with Crippen molar-refractivity contribution in [3.63, 3.8) is 0 Å². The van der Waals surface area contributed by atoms with E-state index in [9.17, 15) is 4.79 Å². The van der Waals surface area contributed by atoms with Crippen LogP contribution in [0.4, 0.5) is 0 Å². The van der Waals surface area contributed by atoms with Gasteiger partial charge < -0.3 is 14.6 Å². The lowest BCUT2D eigenvalue weighted by Crippen LogP contribution is -2.25. The standard InChI is InChI=1S/C19H25N3O3/c1-14-3-7-16(8-4-14)19-21-18(25-22-19)10-9-17(23)20-11-2-12-24-13-15-5-6-15/h3-4,7-8,15H,2,5-6,9-13H2,1H3,(H,20,23). The molecule has 1 aliphatic carbocycles. The van der Waals surface area contributed by atoms with Crippen LogP contribution in [0, 0.1) is 12.8 Å². The van der Waals surface area contributed by atoms with Gasteiger partial charge in [0.05, 0.1) is 0 Å². The molecule has 0 radical (unpaired) electrons. The third-order valence-corrected chi connectivity index (χ3v) is 4.18. The Morgan fingerprint density at radius 1 is 1.32 bits per heavy atom. The van der Waals surface area contributed by atoms with E-state index in [0.29, 0.717) is 37.7 Å². The van der Waals surface area contributed by atoms with Crippen molar-refractivity contribution in [1.82, 2.24) is 15.5 Å². The van der Waals surface area contributed by atoms with Crippen LogP contribution in [0.25, 0.3) is 11.4 Å². The Bertz CT molecular complexity index is 677. The zero-order chi connectivity index (χ0) is 17.5. The maximum atomic E-state index is 11.8. The lowest BCUT2D eigenvalue weighted by molar-refractivity contribution is -0.121. The Kier molecular flexibility index (Phi) is 6.17. The molecule has 1 amide bonds. The molecule has 1 heterocycles. The second-order valence-corrected chi connectivity index (χ2v) is 6.60. The van der Waals surface area contributed by atoms with Crippen molar-refractivity contribution < 1.29 is 14.1 Å². The van der Waals surface area contributed by atoms with E-state index in [1.165, 1.54) is 18.4 Å². The topological polar surface area (TPSA) is 77.2 Å². The van der Waals surface area contributed by atoms with Gasteiger partial charge >= 0.3 is 0 Å². The summed E-state index contributed by atoms with van der Waals surface area (Å²) in [5.41, 5.74) is 2.10. The van der Waals surface area contributed by atoms with Crippen molar-refractivity contribution in [3.05, 3.63) is 35.7 Å². The number of benzene rings is 1. The normalized spacial score (nSPS) is 13.8. The molecule has 1 aliphatic rings. The van der Waals surface area contributed by atoms with Gasteiger partial charge in [0, 0.05) is 38.2 Å². The van der Waals surface area contributed by atoms with Gasteiger partial charge in [-0.05, 0) is 32.1 Å². The molecule has 0 bridgehead atoms. The summed E-state index contributed by atoms with van der Waals surface area (Å²) in [4.78, 5) is 16.2. The van der Waals surface area contributed by atoms with E-state index in [0.717, 1.165) is 24.5 Å². The van der Waals surface area contributed by atoms with Crippen LogP contribution in [-0.2, 0) is 16.0 Å². The second kappa shape index (κ2) is 8.76. The van der Waals surface area contributed by atoms with Crippen LogP contribution < -0.4 is 5.32 Å². The molecule has 0 aliphatic heterocycles. The summed E-state index contributed by atoms with van der Waals surface area (Å²) in [5.74, 6) is 1.83. The molecule has 1 aromatic heterocycles. The van der Waals surface area contributed by atoms with Crippen LogP contribution in [0.3, 0.4) is 0 Å². The molecule has 1 N–H and O–H groups in total. The number of nitrogens with zero attached hydrogens (tertiary/aromatic N) is 2. The van der Waals surface area contributed by atoms with Crippen molar-refractivity contribution in [3.8, 4) is 11.4 Å². The van der Waals surface area contributed by atoms with E-state index in [2.05, 4.69) is 15.5 Å². The number of rotatable bonds is 10. The van der Waals surface area contributed by atoms with Gasteiger partial charge in [-0.3, -0.25) is 4.79 Å². The SMILES string of the molecule is Cc1ccc(-c2noc(CCC(=O)NCCCOCC3CC3)n2)cc1. The van der Waals surface area contributed by atoms with Crippen molar-refractivity contribution in [2.75, 3.05) is 19.8 Å². The molecule has 0 spiro atoms. The lowest BCUT2D eigenvalue weighted by Gasteiger charge is -2.05. The van der Waals surface area contributed by atoms with Crippen LogP contribution in [0.2, 0.25) is 0 Å². The Labute approximate surface area is 148 Å². The fourth-order valence-corrected chi connectivity index (χ4v) is 2.42. The monoisotopic (exact) mass is 343 g/mol. The second-order valence-electron chi connectivity index (χ2n) is 6.60. The third-order valence-electron chi connectivity index (χ3n) is 4.18. The zero-order valence-corrected chi connectivity index (χ0v) is 14.7.